The molecule has 7 heteroatoms. The number of aromatic nitrogens is 3. The molecule has 1 atom stereocenters. The molecule has 142 valence electrons. The maximum Gasteiger partial charge on any atom is 0.216 e. The van der Waals surface area contributed by atoms with Gasteiger partial charge >= 0.3 is 0 Å². The largest absolute Gasteiger partial charge is 0.461 e. The molecule has 0 aliphatic heterocycles. The summed E-state index contributed by atoms with van der Waals surface area (Å²) < 4.78 is 5.31. The fourth-order valence-electron chi connectivity index (χ4n) is 2.87. The van der Waals surface area contributed by atoms with Crippen LogP contribution in [-0.2, 0) is 6.42 Å². The van der Waals surface area contributed by atoms with Gasteiger partial charge in [0.05, 0.1) is 12.3 Å². The Morgan fingerprint density at radius 3 is 2.85 bits per heavy atom. The van der Waals surface area contributed by atoms with Gasteiger partial charge in [0.2, 0.25) is 5.82 Å². The number of aryl methyl sites for hydroxylation is 1. The molecule has 0 aliphatic carbocycles. The Balaban J connectivity index is 1.60. The molecule has 0 amide bonds. The summed E-state index contributed by atoms with van der Waals surface area (Å²) in [5.74, 6) is 2.80. The SMILES string of the molecule is CCNC(=NCCc1nc(-c2ccco2)n[nH]1)NC(C)c1ccccc1C. The van der Waals surface area contributed by atoms with Crippen LogP contribution < -0.4 is 10.6 Å². The summed E-state index contributed by atoms with van der Waals surface area (Å²) in [4.78, 5) is 9.10. The Bertz CT molecular complexity index is 868. The lowest BCUT2D eigenvalue weighted by molar-refractivity contribution is 0.577. The van der Waals surface area contributed by atoms with E-state index in [1.807, 2.05) is 12.1 Å². The van der Waals surface area contributed by atoms with E-state index < -0.39 is 0 Å². The summed E-state index contributed by atoms with van der Waals surface area (Å²) in [5.41, 5.74) is 2.53. The van der Waals surface area contributed by atoms with Gasteiger partial charge < -0.3 is 15.1 Å². The standard InChI is InChI=1S/C20H26N6O/c1-4-21-20(23-15(3)16-9-6-5-8-14(16)2)22-12-11-18-24-19(26-25-18)17-10-7-13-27-17/h5-10,13,15H,4,11-12H2,1-3H3,(H2,21,22,23)(H,24,25,26). The van der Waals surface area contributed by atoms with E-state index in [1.165, 1.54) is 11.1 Å². The first-order valence-electron chi connectivity index (χ1n) is 9.23. The second-order valence-electron chi connectivity index (χ2n) is 6.32. The number of H-pyrrole nitrogens is 1. The van der Waals surface area contributed by atoms with Crippen LogP contribution in [0.2, 0.25) is 0 Å². The molecule has 3 aromatic rings. The van der Waals surface area contributed by atoms with Crippen LogP contribution >= 0.6 is 0 Å². The number of nitrogens with zero attached hydrogens (tertiary/aromatic N) is 3. The molecule has 0 aliphatic rings. The van der Waals surface area contributed by atoms with Gasteiger partial charge in [-0.1, -0.05) is 24.3 Å². The number of rotatable bonds is 7. The predicted molar refractivity (Wildman–Crippen MR) is 106 cm³/mol. The fraction of sp³-hybridized carbons (Fsp3) is 0.350. The molecule has 0 bridgehead atoms. The van der Waals surface area contributed by atoms with Gasteiger partial charge in [-0.25, -0.2) is 4.98 Å². The summed E-state index contributed by atoms with van der Waals surface area (Å²) in [6.07, 6.45) is 2.28. The Labute approximate surface area is 159 Å². The van der Waals surface area contributed by atoms with Crippen LogP contribution in [0.25, 0.3) is 11.6 Å². The Morgan fingerprint density at radius 2 is 2.11 bits per heavy atom. The van der Waals surface area contributed by atoms with E-state index in [1.54, 1.807) is 6.26 Å². The third-order valence-electron chi connectivity index (χ3n) is 4.24. The normalized spacial score (nSPS) is 12.8. The monoisotopic (exact) mass is 366 g/mol. The molecule has 2 aromatic heterocycles. The van der Waals surface area contributed by atoms with E-state index in [0.29, 0.717) is 24.6 Å². The van der Waals surface area contributed by atoms with Crippen molar-refractivity contribution in [2.75, 3.05) is 13.1 Å². The highest BCUT2D eigenvalue weighted by atomic mass is 16.3. The first-order chi connectivity index (χ1) is 13.2. The van der Waals surface area contributed by atoms with Crippen LogP contribution in [-0.4, -0.2) is 34.2 Å². The summed E-state index contributed by atoms with van der Waals surface area (Å²) in [7, 11) is 0. The summed E-state index contributed by atoms with van der Waals surface area (Å²) in [6, 6.07) is 12.2. The molecule has 0 radical (unpaired) electrons. The zero-order valence-corrected chi connectivity index (χ0v) is 16.0. The third kappa shape index (κ3) is 4.97. The third-order valence-corrected chi connectivity index (χ3v) is 4.24. The van der Waals surface area contributed by atoms with Gasteiger partial charge in [0.1, 0.15) is 5.82 Å². The van der Waals surface area contributed by atoms with E-state index in [2.05, 4.69) is 75.8 Å². The number of furan rings is 1. The number of guanidine groups is 1. The van der Waals surface area contributed by atoms with Gasteiger partial charge in [-0.2, -0.15) is 5.10 Å². The van der Waals surface area contributed by atoms with Crippen molar-refractivity contribution in [3.8, 4) is 11.6 Å². The van der Waals surface area contributed by atoms with Crippen molar-refractivity contribution in [1.82, 2.24) is 25.8 Å². The Morgan fingerprint density at radius 1 is 1.26 bits per heavy atom. The minimum absolute atomic E-state index is 0.167. The average molecular weight is 366 g/mol. The van der Waals surface area contributed by atoms with Crippen molar-refractivity contribution in [2.45, 2.75) is 33.2 Å². The van der Waals surface area contributed by atoms with Gasteiger partial charge in [-0.15, -0.1) is 0 Å². The molecule has 0 fully saturated rings. The summed E-state index contributed by atoms with van der Waals surface area (Å²) in [6.45, 7) is 7.72. The Kier molecular flexibility index (Phi) is 6.25. The number of nitrogens with one attached hydrogen (secondary N) is 3. The smallest absolute Gasteiger partial charge is 0.216 e. The lowest BCUT2D eigenvalue weighted by atomic mass is 10.0. The van der Waals surface area contributed by atoms with Gasteiger partial charge in [0.15, 0.2) is 11.7 Å². The lowest BCUT2D eigenvalue weighted by Crippen LogP contribution is -2.39. The first kappa shape index (κ1) is 18.7. The van der Waals surface area contributed by atoms with Gasteiger partial charge in [0, 0.05) is 19.5 Å². The minimum Gasteiger partial charge on any atom is -0.461 e. The van der Waals surface area contributed by atoms with Crippen molar-refractivity contribution in [3.05, 3.63) is 59.6 Å². The predicted octanol–water partition coefficient (Wildman–Crippen LogP) is 3.23. The highest BCUT2D eigenvalue weighted by molar-refractivity contribution is 5.80. The summed E-state index contributed by atoms with van der Waals surface area (Å²) in [5, 5.41) is 13.9. The molecular formula is C20H26N6O. The maximum absolute atomic E-state index is 5.31. The highest BCUT2D eigenvalue weighted by Crippen LogP contribution is 2.16. The molecule has 3 N–H and O–H groups in total. The lowest BCUT2D eigenvalue weighted by Gasteiger charge is -2.19. The van der Waals surface area contributed by atoms with E-state index in [-0.39, 0.29) is 6.04 Å². The zero-order valence-electron chi connectivity index (χ0n) is 16.0. The van der Waals surface area contributed by atoms with E-state index in [0.717, 1.165) is 18.3 Å². The van der Waals surface area contributed by atoms with Crippen molar-refractivity contribution in [2.24, 2.45) is 4.99 Å². The first-order valence-corrected chi connectivity index (χ1v) is 9.23. The van der Waals surface area contributed by atoms with Crippen LogP contribution in [0, 0.1) is 6.92 Å². The van der Waals surface area contributed by atoms with Crippen LogP contribution in [0.3, 0.4) is 0 Å². The molecule has 3 rings (SSSR count). The second-order valence-corrected chi connectivity index (χ2v) is 6.32. The number of hydrogen-bond donors (Lipinski definition) is 3. The zero-order chi connectivity index (χ0) is 19.1. The number of benzene rings is 1. The summed E-state index contributed by atoms with van der Waals surface area (Å²) >= 11 is 0. The van der Waals surface area contributed by atoms with E-state index in [9.17, 15) is 0 Å². The van der Waals surface area contributed by atoms with Crippen LogP contribution in [0.5, 0.6) is 0 Å². The van der Waals surface area contributed by atoms with Gasteiger partial charge in [0.25, 0.3) is 0 Å². The molecule has 0 saturated heterocycles. The van der Waals surface area contributed by atoms with Crippen molar-refractivity contribution in [1.29, 1.82) is 0 Å². The van der Waals surface area contributed by atoms with Crippen LogP contribution in [0.15, 0.2) is 52.1 Å². The number of aromatic amines is 1. The minimum atomic E-state index is 0.167. The van der Waals surface area contributed by atoms with E-state index in [4.69, 9.17) is 4.42 Å². The molecule has 1 unspecified atom stereocenters. The maximum atomic E-state index is 5.31. The van der Waals surface area contributed by atoms with Crippen molar-refractivity contribution in [3.63, 3.8) is 0 Å². The van der Waals surface area contributed by atoms with E-state index >= 15 is 0 Å². The molecule has 0 spiro atoms. The average Bonchev–Trinajstić information content (AvgIpc) is 3.34. The quantitative estimate of drug-likeness (QED) is 0.441. The fourth-order valence-corrected chi connectivity index (χ4v) is 2.87. The van der Waals surface area contributed by atoms with Crippen molar-refractivity contribution >= 4 is 5.96 Å². The van der Waals surface area contributed by atoms with Gasteiger partial charge in [-0.05, 0) is 44.0 Å². The molecular weight excluding hydrogens is 340 g/mol. The second kappa shape index (κ2) is 9.02. The topological polar surface area (TPSA) is 91.1 Å². The molecule has 27 heavy (non-hydrogen) atoms. The highest BCUT2D eigenvalue weighted by Gasteiger charge is 2.10. The number of aliphatic imine (C=N–C) groups is 1. The molecule has 7 nitrogen and oxygen atoms in total. The van der Waals surface area contributed by atoms with Crippen molar-refractivity contribution < 1.29 is 4.42 Å². The number of hydrogen-bond acceptors (Lipinski definition) is 4. The molecule has 0 saturated carbocycles. The Hall–Kier alpha value is -3.09. The van der Waals surface area contributed by atoms with Crippen LogP contribution in [0.1, 0.15) is 36.8 Å². The molecule has 1 aromatic carbocycles. The molecule has 2 heterocycles. The van der Waals surface area contributed by atoms with Crippen LogP contribution in [0.4, 0.5) is 0 Å². The van der Waals surface area contributed by atoms with Gasteiger partial charge in [-0.3, -0.25) is 10.1 Å².